The molecule has 0 spiro atoms. The topological polar surface area (TPSA) is 104 Å². The van der Waals surface area contributed by atoms with Gasteiger partial charge in [-0.1, -0.05) is 24.3 Å². The molecule has 0 radical (unpaired) electrons. The molecule has 4 aromatic rings. The molecule has 1 fully saturated rings. The molecule has 0 aliphatic carbocycles. The number of anilines is 1. The van der Waals surface area contributed by atoms with E-state index in [0.717, 1.165) is 27.5 Å². The van der Waals surface area contributed by atoms with Gasteiger partial charge in [-0.3, -0.25) is 9.78 Å². The molecule has 1 unspecified atom stereocenters. The summed E-state index contributed by atoms with van der Waals surface area (Å²) in [6, 6.07) is 13.2. The molecule has 2 N–H and O–H groups in total. The number of aryl methyl sites for hydroxylation is 1. The smallest absolute Gasteiger partial charge is 0.258 e. The molecule has 1 atom stereocenters. The molecule has 5 rings (SSSR count). The lowest BCUT2D eigenvalue weighted by atomic mass is 9.91. The lowest BCUT2D eigenvalue weighted by Gasteiger charge is -2.21. The Kier molecular flexibility index (Phi) is 5.80. The van der Waals surface area contributed by atoms with Crippen LogP contribution >= 0.6 is 11.3 Å². The standard InChI is InChI=1S/C25H24N6O2S/c1-16-6-7-19(27-13-16)14-28-24-26-10-8-20(30-24)21-15-34-22(29-21)17-4-3-5-18(12-17)25(33)9-11-31(2)23(25)32/h3-8,10,12-13,15,33H,9,11,14H2,1-2H3,(H,26,28,30). The molecule has 0 saturated carbocycles. The second-order valence-corrected chi connectivity index (χ2v) is 9.26. The van der Waals surface area contributed by atoms with Gasteiger partial charge in [-0.05, 0) is 36.2 Å². The summed E-state index contributed by atoms with van der Waals surface area (Å²) in [6.45, 7) is 3.06. The molecule has 1 aliphatic rings. The summed E-state index contributed by atoms with van der Waals surface area (Å²) in [6.07, 6.45) is 3.91. The first-order chi connectivity index (χ1) is 16.4. The van der Waals surface area contributed by atoms with Crippen molar-refractivity contribution in [2.45, 2.75) is 25.5 Å². The highest BCUT2D eigenvalue weighted by atomic mass is 32.1. The number of nitrogens with zero attached hydrogens (tertiary/aromatic N) is 5. The Morgan fingerprint density at radius 3 is 2.79 bits per heavy atom. The van der Waals surface area contributed by atoms with E-state index in [-0.39, 0.29) is 5.91 Å². The van der Waals surface area contributed by atoms with E-state index >= 15 is 0 Å². The lowest BCUT2D eigenvalue weighted by Crippen LogP contribution is -2.36. The molecular weight excluding hydrogens is 448 g/mol. The van der Waals surface area contributed by atoms with Gasteiger partial charge in [-0.25, -0.2) is 15.0 Å². The van der Waals surface area contributed by atoms with Crippen LogP contribution in [0.25, 0.3) is 22.0 Å². The lowest BCUT2D eigenvalue weighted by molar-refractivity contribution is -0.143. The zero-order chi connectivity index (χ0) is 23.7. The largest absolute Gasteiger partial charge is 0.375 e. The van der Waals surface area contributed by atoms with E-state index in [1.54, 1.807) is 24.2 Å². The first kappa shape index (κ1) is 22.1. The van der Waals surface area contributed by atoms with Gasteiger partial charge in [0, 0.05) is 43.4 Å². The second-order valence-electron chi connectivity index (χ2n) is 8.40. The second kappa shape index (κ2) is 8.92. The molecule has 172 valence electrons. The van der Waals surface area contributed by atoms with Crippen LogP contribution in [0.1, 0.15) is 23.2 Å². The third-order valence-electron chi connectivity index (χ3n) is 5.92. The molecule has 3 aromatic heterocycles. The van der Waals surface area contributed by atoms with Crippen LogP contribution < -0.4 is 5.32 Å². The number of nitrogens with one attached hydrogen (secondary N) is 1. The molecule has 0 bridgehead atoms. The number of carbonyl (C=O) groups excluding carboxylic acids is 1. The van der Waals surface area contributed by atoms with Crippen LogP contribution in [0.2, 0.25) is 0 Å². The number of hydrogen-bond donors (Lipinski definition) is 2. The van der Waals surface area contributed by atoms with Crippen LogP contribution in [0.5, 0.6) is 0 Å². The summed E-state index contributed by atoms with van der Waals surface area (Å²) < 4.78 is 0. The molecular formula is C25H24N6O2S. The van der Waals surface area contributed by atoms with Crippen LogP contribution in [0.4, 0.5) is 5.95 Å². The maximum absolute atomic E-state index is 12.5. The molecule has 1 amide bonds. The summed E-state index contributed by atoms with van der Waals surface area (Å²) in [5, 5.41) is 16.9. The summed E-state index contributed by atoms with van der Waals surface area (Å²) in [4.78, 5) is 32.1. The number of aliphatic hydroxyl groups is 1. The molecule has 1 aliphatic heterocycles. The zero-order valence-corrected chi connectivity index (χ0v) is 19.7. The van der Waals surface area contributed by atoms with E-state index in [9.17, 15) is 9.90 Å². The Bertz CT molecular complexity index is 1340. The Labute approximate surface area is 201 Å². The molecule has 1 aromatic carbocycles. The first-order valence-corrected chi connectivity index (χ1v) is 11.8. The van der Waals surface area contributed by atoms with E-state index in [4.69, 9.17) is 4.98 Å². The SMILES string of the molecule is Cc1ccc(CNc2nccc(-c3csc(-c4cccc(C5(O)CCN(C)C5=O)c4)n3)n2)nc1. The number of hydrogen-bond acceptors (Lipinski definition) is 8. The van der Waals surface area contributed by atoms with E-state index < -0.39 is 5.60 Å². The first-order valence-electron chi connectivity index (χ1n) is 11.0. The van der Waals surface area contributed by atoms with Crippen LogP contribution in [0.3, 0.4) is 0 Å². The quantitative estimate of drug-likeness (QED) is 0.442. The average molecular weight is 473 g/mol. The number of rotatable bonds is 6. The number of carbonyl (C=O) groups is 1. The van der Waals surface area contributed by atoms with Gasteiger partial charge in [0.15, 0.2) is 5.60 Å². The van der Waals surface area contributed by atoms with Gasteiger partial charge in [0.05, 0.1) is 17.9 Å². The van der Waals surface area contributed by atoms with Crippen molar-refractivity contribution in [3.63, 3.8) is 0 Å². The Morgan fingerprint density at radius 2 is 2.03 bits per heavy atom. The average Bonchev–Trinajstić information content (AvgIpc) is 3.46. The van der Waals surface area contributed by atoms with Gasteiger partial charge in [0.2, 0.25) is 5.95 Å². The maximum atomic E-state index is 12.5. The highest BCUT2D eigenvalue weighted by molar-refractivity contribution is 7.13. The van der Waals surface area contributed by atoms with Gasteiger partial charge in [-0.15, -0.1) is 11.3 Å². The van der Waals surface area contributed by atoms with Crippen LogP contribution in [-0.4, -0.2) is 49.4 Å². The fraction of sp³-hybridized carbons (Fsp3) is 0.240. The number of pyridine rings is 1. The normalized spacial score (nSPS) is 17.9. The van der Waals surface area contributed by atoms with Gasteiger partial charge >= 0.3 is 0 Å². The predicted molar refractivity (Wildman–Crippen MR) is 131 cm³/mol. The van der Waals surface area contributed by atoms with E-state index in [2.05, 4.69) is 20.3 Å². The van der Waals surface area contributed by atoms with Gasteiger partial charge < -0.3 is 15.3 Å². The Hall–Kier alpha value is -3.69. The van der Waals surface area contributed by atoms with E-state index in [1.165, 1.54) is 11.3 Å². The summed E-state index contributed by atoms with van der Waals surface area (Å²) >= 11 is 1.49. The zero-order valence-electron chi connectivity index (χ0n) is 18.9. The summed E-state index contributed by atoms with van der Waals surface area (Å²) in [7, 11) is 1.71. The maximum Gasteiger partial charge on any atom is 0.258 e. The fourth-order valence-corrected chi connectivity index (χ4v) is 4.72. The van der Waals surface area contributed by atoms with E-state index in [1.807, 2.05) is 54.9 Å². The number of amides is 1. The number of aromatic nitrogens is 4. The Morgan fingerprint density at radius 1 is 1.15 bits per heavy atom. The van der Waals surface area contributed by atoms with Crippen molar-refractivity contribution in [3.8, 4) is 22.0 Å². The highest BCUT2D eigenvalue weighted by Gasteiger charge is 2.45. The van der Waals surface area contributed by atoms with E-state index in [0.29, 0.717) is 36.7 Å². The van der Waals surface area contributed by atoms with Crippen LogP contribution in [0, 0.1) is 6.92 Å². The number of likely N-dealkylation sites (tertiary alicyclic amines) is 1. The predicted octanol–water partition coefficient (Wildman–Crippen LogP) is 3.63. The van der Waals surface area contributed by atoms with Gasteiger partial charge in [-0.2, -0.15) is 0 Å². The molecule has 8 nitrogen and oxygen atoms in total. The third-order valence-corrected chi connectivity index (χ3v) is 6.81. The number of likely N-dealkylation sites (N-methyl/N-ethyl adjacent to an activating group) is 1. The van der Waals surface area contributed by atoms with Crippen molar-refractivity contribution in [3.05, 3.63) is 77.1 Å². The van der Waals surface area contributed by atoms with Crippen molar-refractivity contribution >= 4 is 23.2 Å². The minimum atomic E-state index is -1.48. The molecule has 9 heteroatoms. The van der Waals surface area contributed by atoms with Gasteiger partial charge in [0.1, 0.15) is 10.7 Å². The van der Waals surface area contributed by atoms with Crippen LogP contribution in [0.15, 0.2) is 60.2 Å². The third kappa shape index (κ3) is 4.27. The highest BCUT2D eigenvalue weighted by Crippen LogP contribution is 2.36. The fourth-order valence-electron chi connectivity index (χ4n) is 3.91. The molecule has 34 heavy (non-hydrogen) atoms. The minimum absolute atomic E-state index is 0.272. The summed E-state index contributed by atoms with van der Waals surface area (Å²) in [5.74, 6) is 0.230. The van der Waals surface area contributed by atoms with Crippen molar-refractivity contribution in [1.82, 2.24) is 24.8 Å². The monoisotopic (exact) mass is 472 g/mol. The summed E-state index contributed by atoms with van der Waals surface area (Å²) in [5.41, 5.74) is 3.42. The molecule has 4 heterocycles. The minimum Gasteiger partial charge on any atom is -0.375 e. The van der Waals surface area contributed by atoms with Gasteiger partial charge in [0.25, 0.3) is 5.91 Å². The Balaban J connectivity index is 1.35. The van der Waals surface area contributed by atoms with Crippen molar-refractivity contribution in [2.24, 2.45) is 0 Å². The number of thiazole rings is 1. The number of benzene rings is 1. The van der Waals surface area contributed by atoms with Crippen molar-refractivity contribution in [2.75, 3.05) is 18.9 Å². The molecule has 1 saturated heterocycles. The van der Waals surface area contributed by atoms with Crippen molar-refractivity contribution < 1.29 is 9.90 Å². The van der Waals surface area contributed by atoms with Crippen molar-refractivity contribution in [1.29, 1.82) is 0 Å². The van der Waals surface area contributed by atoms with Crippen LogP contribution in [-0.2, 0) is 16.9 Å².